The molecule has 0 atom stereocenters. The molecule has 61 valence electrons. The zero-order valence-electron chi connectivity index (χ0n) is 7.69. The predicted octanol–water partition coefficient (Wildman–Crippen LogP) is 3.82. The summed E-state index contributed by atoms with van der Waals surface area (Å²) in [5, 5.41) is 0. The van der Waals surface area contributed by atoms with Crippen LogP contribution in [0.5, 0.6) is 0 Å². The van der Waals surface area contributed by atoms with Crippen LogP contribution >= 0.6 is 0 Å². The van der Waals surface area contributed by atoms with Gasteiger partial charge in [-0.1, -0.05) is 46.5 Å². The minimum Gasteiger partial charge on any atom is -0.0654 e. The van der Waals surface area contributed by atoms with E-state index in [0.29, 0.717) is 0 Å². The minimum absolute atomic E-state index is 0.873. The van der Waals surface area contributed by atoms with Crippen LogP contribution in [0.15, 0.2) is 0 Å². The monoisotopic (exact) mass is 141 g/mol. The molecule has 0 N–H and O–H groups in total. The lowest BCUT2D eigenvalue weighted by Gasteiger charge is -2.02. The largest absolute Gasteiger partial charge is 0.0654 e. The molecule has 0 aliphatic rings. The molecule has 0 aromatic carbocycles. The van der Waals surface area contributed by atoms with Gasteiger partial charge in [0.25, 0.3) is 0 Å². The third-order valence-electron chi connectivity index (χ3n) is 1.71. The van der Waals surface area contributed by atoms with Crippen LogP contribution in [0.3, 0.4) is 0 Å². The van der Waals surface area contributed by atoms with Crippen LogP contribution in [0.4, 0.5) is 0 Å². The minimum atomic E-state index is 0.873. The van der Waals surface area contributed by atoms with Gasteiger partial charge in [-0.05, 0) is 18.8 Å². The van der Waals surface area contributed by atoms with Crippen molar-refractivity contribution in [3.63, 3.8) is 0 Å². The lowest BCUT2D eigenvalue weighted by molar-refractivity contribution is 0.570. The first-order valence-electron chi connectivity index (χ1n) is 4.59. The molecule has 0 aromatic rings. The van der Waals surface area contributed by atoms with E-state index in [2.05, 4.69) is 27.2 Å². The molecule has 0 unspecified atom stereocenters. The zero-order chi connectivity index (χ0) is 7.82. The summed E-state index contributed by atoms with van der Waals surface area (Å²) in [5.41, 5.74) is 0. The van der Waals surface area contributed by atoms with Crippen molar-refractivity contribution in [3.05, 3.63) is 6.42 Å². The van der Waals surface area contributed by atoms with Crippen molar-refractivity contribution < 1.29 is 0 Å². The Morgan fingerprint density at radius 3 is 2.40 bits per heavy atom. The van der Waals surface area contributed by atoms with Gasteiger partial charge in [0, 0.05) is 0 Å². The van der Waals surface area contributed by atoms with Crippen molar-refractivity contribution in [3.8, 4) is 0 Å². The summed E-state index contributed by atoms with van der Waals surface area (Å²) in [6.45, 7) is 6.82. The molecular weight excluding hydrogens is 120 g/mol. The summed E-state index contributed by atoms with van der Waals surface area (Å²) in [7, 11) is 0. The van der Waals surface area contributed by atoms with Crippen molar-refractivity contribution >= 4 is 0 Å². The fourth-order valence-corrected chi connectivity index (χ4v) is 0.944. The quantitative estimate of drug-likeness (QED) is 0.493. The van der Waals surface area contributed by atoms with E-state index in [1.165, 1.54) is 32.1 Å². The topological polar surface area (TPSA) is 0 Å². The fraction of sp³-hybridized carbons (Fsp3) is 0.900. The Morgan fingerprint density at radius 1 is 1.20 bits per heavy atom. The van der Waals surface area contributed by atoms with Crippen LogP contribution in [0.2, 0.25) is 0 Å². The van der Waals surface area contributed by atoms with E-state index in [1.54, 1.807) is 0 Å². The molecule has 0 aliphatic carbocycles. The van der Waals surface area contributed by atoms with Gasteiger partial charge in [-0.25, -0.2) is 0 Å². The van der Waals surface area contributed by atoms with E-state index in [9.17, 15) is 0 Å². The van der Waals surface area contributed by atoms with Gasteiger partial charge in [0.15, 0.2) is 0 Å². The van der Waals surface area contributed by atoms with Crippen molar-refractivity contribution in [1.82, 2.24) is 0 Å². The van der Waals surface area contributed by atoms with Crippen LogP contribution in [-0.2, 0) is 0 Å². The zero-order valence-corrected chi connectivity index (χ0v) is 7.69. The second-order valence-corrected chi connectivity index (χ2v) is 3.40. The Balaban J connectivity index is 2.77. The SMILES string of the molecule is CCCC[CH]CCC(C)C. The highest BCUT2D eigenvalue weighted by Gasteiger charge is 1.93. The lowest BCUT2D eigenvalue weighted by Crippen LogP contribution is -1.87. The van der Waals surface area contributed by atoms with Crippen molar-refractivity contribution in [2.75, 3.05) is 0 Å². The van der Waals surface area contributed by atoms with Crippen LogP contribution in [0.25, 0.3) is 0 Å². The van der Waals surface area contributed by atoms with Gasteiger partial charge in [0.1, 0.15) is 0 Å². The Hall–Kier alpha value is 0. The maximum absolute atomic E-state index is 2.43. The number of hydrogen-bond acceptors (Lipinski definition) is 0. The highest BCUT2D eigenvalue weighted by atomic mass is 14.0. The van der Waals surface area contributed by atoms with Crippen LogP contribution in [0, 0.1) is 12.3 Å². The van der Waals surface area contributed by atoms with Crippen molar-refractivity contribution in [2.45, 2.75) is 52.9 Å². The molecule has 10 heavy (non-hydrogen) atoms. The Bertz CT molecular complexity index is 55.1. The Kier molecular flexibility index (Phi) is 7.11. The van der Waals surface area contributed by atoms with Crippen LogP contribution in [-0.4, -0.2) is 0 Å². The molecule has 0 heterocycles. The molecule has 0 saturated carbocycles. The van der Waals surface area contributed by atoms with E-state index in [4.69, 9.17) is 0 Å². The number of hydrogen-bond donors (Lipinski definition) is 0. The maximum atomic E-state index is 2.43. The van der Waals surface area contributed by atoms with E-state index >= 15 is 0 Å². The molecule has 0 aromatic heterocycles. The van der Waals surface area contributed by atoms with Gasteiger partial charge < -0.3 is 0 Å². The molecule has 0 saturated heterocycles. The van der Waals surface area contributed by atoms with Gasteiger partial charge in [0.05, 0.1) is 0 Å². The smallest absolute Gasteiger partial charge is 0.0386 e. The molecule has 0 rings (SSSR count). The van der Waals surface area contributed by atoms with Crippen molar-refractivity contribution in [1.29, 1.82) is 0 Å². The second-order valence-electron chi connectivity index (χ2n) is 3.40. The maximum Gasteiger partial charge on any atom is -0.0386 e. The van der Waals surface area contributed by atoms with Crippen LogP contribution in [0.1, 0.15) is 52.9 Å². The van der Waals surface area contributed by atoms with Gasteiger partial charge in [0.2, 0.25) is 0 Å². The summed E-state index contributed by atoms with van der Waals surface area (Å²) in [5.74, 6) is 0.873. The highest BCUT2D eigenvalue weighted by Crippen LogP contribution is 2.08. The highest BCUT2D eigenvalue weighted by molar-refractivity contribution is 4.64. The van der Waals surface area contributed by atoms with E-state index in [1.807, 2.05) is 0 Å². The molecular formula is C10H21. The number of rotatable bonds is 6. The predicted molar refractivity (Wildman–Crippen MR) is 47.9 cm³/mol. The normalized spacial score (nSPS) is 10.8. The van der Waals surface area contributed by atoms with Crippen LogP contribution < -0.4 is 0 Å². The molecule has 0 aliphatic heterocycles. The van der Waals surface area contributed by atoms with E-state index < -0.39 is 0 Å². The lowest BCUT2D eigenvalue weighted by atomic mass is 10.0. The number of unbranched alkanes of at least 4 members (excludes halogenated alkanes) is 4. The summed E-state index contributed by atoms with van der Waals surface area (Å²) >= 11 is 0. The Labute approximate surface area is 66.0 Å². The Morgan fingerprint density at radius 2 is 1.90 bits per heavy atom. The van der Waals surface area contributed by atoms with Gasteiger partial charge >= 0.3 is 0 Å². The fourth-order valence-electron chi connectivity index (χ4n) is 0.944. The van der Waals surface area contributed by atoms with Gasteiger partial charge in [-0.3, -0.25) is 0 Å². The standard InChI is InChI=1S/C10H21/c1-4-5-6-7-8-9-10(2)3/h7,10H,4-6,8-9H2,1-3H3. The summed E-state index contributed by atoms with van der Waals surface area (Å²) < 4.78 is 0. The summed E-state index contributed by atoms with van der Waals surface area (Å²) in [6.07, 6.45) is 9.14. The summed E-state index contributed by atoms with van der Waals surface area (Å²) in [4.78, 5) is 0. The molecule has 0 heteroatoms. The molecule has 0 nitrogen and oxygen atoms in total. The first kappa shape index (κ1) is 10.0. The van der Waals surface area contributed by atoms with E-state index in [0.717, 1.165) is 5.92 Å². The summed E-state index contributed by atoms with van der Waals surface area (Å²) in [6, 6.07) is 0. The first-order chi connectivity index (χ1) is 4.77. The van der Waals surface area contributed by atoms with E-state index in [-0.39, 0.29) is 0 Å². The van der Waals surface area contributed by atoms with Crippen molar-refractivity contribution in [2.24, 2.45) is 5.92 Å². The molecule has 0 fully saturated rings. The third-order valence-corrected chi connectivity index (χ3v) is 1.71. The molecule has 1 radical (unpaired) electrons. The average molecular weight is 141 g/mol. The molecule has 0 amide bonds. The molecule has 0 bridgehead atoms. The average Bonchev–Trinajstić information content (AvgIpc) is 1.87. The second kappa shape index (κ2) is 7.11. The molecule has 0 spiro atoms. The van der Waals surface area contributed by atoms with Gasteiger partial charge in [-0.2, -0.15) is 0 Å². The first-order valence-corrected chi connectivity index (χ1v) is 4.59. The third kappa shape index (κ3) is 8.00. The van der Waals surface area contributed by atoms with Gasteiger partial charge in [-0.15, -0.1) is 0 Å².